The van der Waals surface area contributed by atoms with Crippen LogP contribution in [-0.2, 0) is 23.8 Å². The van der Waals surface area contributed by atoms with E-state index in [1.807, 2.05) is 30.3 Å². The number of esters is 1. The Kier molecular flexibility index (Phi) is 7.34. The first-order valence-electron chi connectivity index (χ1n) is 6.82. The van der Waals surface area contributed by atoms with Gasteiger partial charge in [0, 0.05) is 26.8 Å². The summed E-state index contributed by atoms with van der Waals surface area (Å²) < 4.78 is 15.1. The number of methoxy groups -OCH3 is 2. The van der Waals surface area contributed by atoms with Crippen molar-refractivity contribution in [1.82, 2.24) is 5.32 Å². The highest BCUT2D eigenvalue weighted by Gasteiger charge is 2.31. The number of benzene rings is 1. The van der Waals surface area contributed by atoms with Crippen molar-refractivity contribution in [3.8, 4) is 0 Å². The molecule has 3 atom stereocenters. The highest BCUT2D eigenvalue weighted by atomic mass is 16.7. The van der Waals surface area contributed by atoms with Gasteiger partial charge in [-0.25, -0.2) is 4.79 Å². The molecule has 2 N–H and O–H groups in total. The van der Waals surface area contributed by atoms with Gasteiger partial charge in [0.05, 0.1) is 0 Å². The van der Waals surface area contributed by atoms with Crippen LogP contribution in [0.1, 0.15) is 13.8 Å². The predicted octanol–water partition coefficient (Wildman–Crippen LogP) is 1.11. The zero-order chi connectivity index (χ0) is 16.5. The number of anilines is 1. The van der Waals surface area contributed by atoms with Gasteiger partial charge in [0.25, 0.3) is 0 Å². The van der Waals surface area contributed by atoms with Gasteiger partial charge in [-0.15, -0.1) is 0 Å². The molecule has 0 aliphatic carbocycles. The predicted molar refractivity (Wildman–Crippen MR) is 81.0 cm³/mol. The van der Waals surface area contributed by atoms with E-state index >= 15 is 0 Å². The SMILES string of the molecule is COC(C)OC(=O)C(OC)C(NC(C)=O)Nc1ccccc1. The van der Waals surface area contributed by atoms with Crippen LogP contribution in [0.3, 0.4) is 0 Å². The molecule has 0 spiro atoms. The molecule has 22 heavy (non-hydrogen) atoms. The first kappa shape index (κ1) is 17.9. The van der Waals surface area contributed by atoms with Crippen LogP contribution in [0.15, 0.2) is 30.3 Å². The first-order valence-corrected chi connectivity index (χ1v) is 6.82. The molecule has 0 saturated carbocycles. The van der Waals surface area contributed by atoms with Crippen molar-refractivity contribution in [2.75, 3.05) is 19.5 Å². The number of ether oxygens (including phenoxy) is 3. The second-order valence-corrected chi connectivity index (χ2v) is 4.59. The minimum absolute atomic E-state index is 0.303. The van der Waals surface area contributed by atoms with Crippen molar-refractivity contribution < 1.29 is 23.8 Å². The van der Waals surface area contributed by atoms with Crippen molar-refractivity contribution >= 4 is 17.6 Å². The molecule has 0 heterocycles. The minimum Gasteiger partial charge on any atom is -0.434 e. The number of hydrogen-bond donors (Lipinski definition) is 2. The van der Waals surface area contributed by atoms with E-state index in [1.165, 1.54) is 21.1 Å². The van der Waals surface area contributed by atoms with E-state index in [0.29, 0.717) is 0 Å². The average Bonchev–Trinajstić information content (AvgIpc) is 2.48. The fourth-order valence-corrected chi connectivity index (χ4v) is 1.77. The molecular formula is C15H22N2O5. The molecule has 0 aromatic heterocycles. The van der Waals surface area contributed by atoms with E-state index in [2.05, 4.69) is 10.6 Å². The van der Waals surface area contributed by atoms with Gasteiger partial charge >= 0.3 is 5.97 Å². The summed E-state index contributed by atoms with van der Waals surface area (Å²) in [6.45, 7) is 2.94. The lowest BCUT2D eigenvalue weighted by Crippen LogP contribution is -2.52. The van der Waals surface area contributed by atoms with Crippen molar-refractivity contribution in [3.05, 3.63) is 30.3 Å². The molecule has 1 aromatic carbocycles. The molecule has 0 saturated heterocycles. The number of carbonyl (C=O) groups is 2. The molecule has 1 aromatic rings. The Morgan fingerprint density at radius 2 is 1.73 bits per heavy atom. The lowest BCUT2D eigenvalue weighted by atomic mass is 10.2. The number of carbonyl (C=O) groups excluding carboxylic acids is 2. The third-order valence-electron chi connectivity index (χ3n) is 2.86. The van der Waals surface area contributed by atoms with E-state index in [4.69, 9.17) is 14.2 Å². The van der Waals surface area contributed by atoms with Crippen LogP contribution in [0.2, 0.25) is 0 Å². The molecule has 7 heteroatoms. The van der Waals surface area contributed by atoms with Crippen molar-refractivity contribution in [2.45, 2.75) is 32.4 Å². The molecule has 1 rings (SSSR count). The second-order valence-electron chi connectivity index (χ2n) is 4.59. The summed E-state index contributed by atoms with van der Waals surface area (Å²) in [5.41, 5.74) is 0.732. The lowest BCUT2D eigenvalue weighted by Gasteiger charge is -2.27. The average molecular weight is 310 g/mol. The van der Waals surface area contributed by atoms with Crippen molar-refractivity contribution in [2.24, 2.45) is 0 Å². The molecule has 122 valence electrons. The van der Waals surface area contributed by atoms with Crippen LogP contribution >= 0.6 is 0 Å². The largest absolute Gasteiger partial charge is 0.434 e. The molecule has 0 aliphatic heterocycles. The van der Waals surface area contributed by atoms with E-state index in [-0.39, 0.29) is 5.91 Å². The zero-order valence-electron chi connectivity index (χ0n) is 13.2. The Morgan fingerprint density at radius 1 is 1.09 bits per heavy atom. The maximum Gasteiger partial charge on any atom is 0.341 e. The van der Waals surface area contributed by atoms with Gasteiger partial charge < -0.3 is 24.8 Å². The Bertz CT molecular complexity index is 480. The van der Waals surface area contributed by atoms with Crippen molar-refractivity contribution in [1.29, 1.82) is 0 Å². The normalized spacial score (nSPS) is 14.5. The Labute approximate surface area is 129 Å². The molecular weight excluding hydrogens is 288 g/mol. The lowest BCUT2D eigenvalue weighted by molar-refractivity contribution is -0.182. The van der Waals surface area contributed by atoms with Gasteiger partial charge in [-0.2, -0.15) is 0 Å². The van der Waals surface area contributed by atoms with Gasteiger partial charge in [-0.3, -0.25) is 4.79 Å². The summed E-state index contributed by atoms with van der Waals surface area (Å²) in [5, 5.41) is 5.67. The van der Waals surface area contributed by atoms with Crippen molar-refractivity contribution in [3.63, 3.8) is 0 Å². The molecule has 0 fully saturated rings. The first-order chi connectivity index (χ1) is 10.5. The van der Waals surface area contributed by atoms with Crippen LogP contribution in [-0.4, -0.2) is 44.7 Å². The molecule has 3 unspecified atom stereocenters. The van der Waals surface area contributed by atoms with Crippen LogP contribution in [0.25, 0.3) is 0 Å². The molecule has 0 bridgehead atoms. The molecule has 1 amide bonds. The smallest absolute Gasteiger partial charge is 0.341 e. The summed E-state index contributed by atoms with van der Waals surface area (Å²) in [6, 6.07) is 9.15. The Balaban J connectivity index is 2.86. The fraction of sp³-hybridized carbons (Fsp3) is 0.467. The maximum absolute atomic E-state index is 12.1. The third-order valence-corrected chi connectivity index (χ3v) is 2.86. The second kappa shape index (κ2) is 9.01. The topological polar surface area (TPSA) is 85.9 Å². The summed E-state index contributed by atoms with van der Waals surface area (Å²) >= 11 is 0. The summed E-state index contributed by atoms with van der Waals surface area (Å²) in [4.78, 5) is 23.5. The summed E-state index contributed by atoms with van der Waals surface area (Å²) in [7, 11) is 2.79. The molecule has 7 nitrogen and oxygen atoms in total. The number of amides is 1. The highest BCUT2D eigenvalue weighted by molar-refractivity contribution is 5.79. The quantitative estimate of drug-likeness (QED) is 0.552. The number of rotatable bonds is 8. The standard InChI is InChI=1S/C15H22N2O5/c1-10(18)16-14(17-12-8-6-5-7-9-12)13(21-4)15(19)22-11(2)20-3/h5-9,11,13-14,17H,1-4H3,(H,16,18). The number of nitrogens with one attached hydrogen (secondary N) is 2. The van der Waals surface area contributed by atoms with Gasteiger partial charge in [0.2, 0.25) is 5.91 Å². The van der Waals surface area contributed by atoms with E-state index in [9.17, 15) is 9.59 Å². The van der Waals surface area contributed by atoms with Crippen LogP contribution in [0.4, 0.5) is 5.69 Å². The van der Waals surface area contributed by atoms with Crippen LogP contribution in [0, 0.1) is 0 Å². The maximum atomic E-state index is 12.1. The van der Waals surface area contributed by atoms with Gasteiger partial charge in [-0.1, -0.05) is 18.2 Å². The zero-order valence-corrected chi connectivity index (χ0v) is 13.2. The monoisotopic (exact) mass is 310 g/mol. The molecule has 0 aliphatic rings. The van der Waals surface area contributed by atoms with Crippen LogP contribution in [0.5, 0.6) is 0 Å². The summed E-state index contributed by atoms with van der Waals surface area (Å²) in [6.07, 6.45) is -2.51. The Hall–Kier alpha value is -2.12. The third kappa shape index (κ3) is 5.71. The Morgan fingerprint density at radius 3 is 2.23 bits per heavy atom. The number of hydrogen-bond acceptors (Lipinski definition) is 6. The van der Waals surface area contributed by atoms with Gasteiger partial charge in [0.15, 0.2) is 12.4 Å². The van der Waals surface area contributed by atoms with Gasteiger partial charge in [-0.05, 0) is 19.1 Å². The fourth-order valence-electron chi connectivity index (χ4n) is 1.77. The van der Waals surface area contributed by atoms with E-state index in [0.717, 1.165) is 5.69 Å². The summed E-state index contributed by atoms with van der Waals surface area (Å²) in [5.74, 6) is -0.942. The number of para-hydroxylation sites is 1. The van der Waals surface area contributed by atoms with Crippen LogP contribution < -0.4 is 10.6 Å². The highest BCUT2D eigenvalue weighted by Crippen LogP contribution is 2.11. The van der Waals surface area contributed by atoms with Gasteiger partial charge in [0.1, 0.15) is 6.17 Å². The van der Waals surface area contributed by atoms with E-state index in [1.54, 1.807) is 6.92 Å². The molecule has 0 radical (unpaired) electrons. The van der Waals surface area contributed by atoms with E-state index < -0.39 is 24.5 Å². The minimum atomic E-state index is -1.03.